The molecular weight excluding hydrogens is 1400 g/mol. The summed E-state index contributed by atoms with van der Waals surface area (Å²) in [6.07, 6.45) is 9.98. The van der Waals surface area contributed by atoms with E-state index in [4.69, 9.17) is 22.6 Å². The maximum atomic E-state index is 14.9. The lowest BCUT2D eigenvalue weighted by atomic mass is 10.0. The number of carboxylic acids is 1. The number of aromatic nitrogens is 10. The average Bonchev–Trinajstić information content (AvgIpc) is 1.51. The number of nitrogens with two attached hydrogens (primary N) is 3. The fourth-order valence-corrected chi connectivity index (χ4v) is 10.9. The third-order valence-corrected chi connectivity index (χ3v) is 16.5. The number of hydrogen-bond donors (Lipinski definition) is 25. The van der Waals surface area contributed by atoms with Gasteiger partial charge in [0.1, 0.15) is 66.5 Å². The van der Waals surface area contributed by atoms with E-state index in [1.54, 1.807) is 20.0 Å². The molecule has 0 saturated heterocycles. The second-order valence-corrected chi connectivity index (χ2v) is 26.5. The van der Waals surface area contributed by atoms with E-state index in [1.807, 2.05) is 13.8 Å². The molecule has 14 atom stereocenters. The summed E-state index contributed by atoms with van der Waals surface area (Å²) < 4.78 is 0. The number of carbonyl (C=O) groups is 12. The number of carbonyl (C=O) groups excluding carboxylic acids is 11. The highest BCUT2D eigenvalue weighted by molar-refractivity contribution is 6.00. The number of rotatable bonds is 48. The summed E-state index contributed by atoms with van der Waals surface area (Å²) in [4.78, 5) is 203. The van der Waals surface area contributed by atoms with E-state index in [1.165, 1.54) is 56.4 Å². The highest BCUT2D eigenvalue weighted by Gasteiger charge is 2.39. The predicted molar refractivity (Wildman–Crippen MR) is 380 cm³/mol. The molecule has 5 aromatic heterocycles. The van der Waals surface area contributed by atoms with Crippen molar-refractivity contribution in [1.82, 2.24) is 114 Å². The number of guanidine groups is 1. The molecule has 28 N–H and O–H groups in total. The van der Waals surface area contributed by atoms with Crippen molar-refractivity contribution >= 4 is 76.9 Å². The van der Waals surface area contributed by atoms with Gasteiger partial charge in [-0.05, 0) is 77.2 Å². The topological polar surface area (TPSA) is 675 Å². The van der Waals surface area contributed by atoms with Gasteiger partial charge >= 0.3 is 5.97 Å². The number of carboxylic acid groups (broad SMARTS) is 1. The summed E-state index contributed by atoms with van der Waals surface area (Å²) in [6, 6.07) is -18.6. The van der Waals surface area contributed by atoms with Crippen LogP contribution in [0.1, 0.15) is 115 Å². The Morgan fingerprint density at radius 1 is 0.411 bits per heavy atom. The maximum absolute atomic E-state index is 14.9. The number of imidazole rings is 5. The summed E-state index contributed by atoms with van der Waals surface area (Å²) in [5.41, 5.74) is 19.2. The van der Waals surface area contributed by atoms with Crippen LogP contribution >= 0.6 is 0 Å². The highest BCUT2D eigenvalue weighted by Crippen LogP contribution is 2.14. The van der Waals surface area contributed by atoms with E-state index < -0.39 is 168 Å². The molecule has 0 aliphatic rings. The second kappa shape index (κ2) is 43.9. The summed E-state index contributed by atoms with van der Waals surface area (Å²) in [5, 5.41) is 79.4. The molecule has 107 heavy (non-hydrogen) atoms. The van der Waals surface area contributed by atoms with Crippen LogP contribution in [0.3, 0.4) is 0 Å². The minimum absolute atomic E-state index is 0.0130. The van der Waals surface area contributed by atoms with E-state index in [2.05, 4.69) is 114 Å². The van der Waals surface area contributed by atoms with Gasteiger partial charge in [0.2, 0.25) is 65.0 Å². The molecule has 0 radical (unpaired) electrons. The number of aromatic amines is 5. The van der Waals surface area contributed by atoms with Gasteiger partial charge in [0.25, 0.3) is 0 Å². The first kappa shape index (κ1) is 86.4. The first-order chi connectivity index (χ1) is 50.8. The van der Waals surface area contributed by atoms with Crippen LogP contribution < -0.4 is 81.0 Å². The summed E-state index contributed by atoms with van der Waals surface area (Å²) in [7, 11) is 0. The van der Waals surface area contributed by atoms with E-state index >= 15 is 0 Å². The van der Waals surface area contributed by atoms with Crippen LogP contribution in [0, 0.1) is 17.2 Å². The Hall–Kier alpha value is -11.2. The summed E-state index contributed by atoms with van der Waals surface area (Å²) >= 11 is 0. The Balaban J connectivity index is 1.37. The molecule has 0 bridgehead atoms. The molecule has 0 aliphatic heterocycles. The van der Waals surface area contributed by atoms with Crippen LogP contribution in [0.5, 0.6) is 0 Å². The lowest BCUT2D eigenvalue weighted by Gasteiger charge is -2.29. The summed E-state index contributed by atoms with van der Waals surface area (Å²) in [6.45, 7) is 8.28. The van der Waals surface area contributed by atoms with Gasteiger partial charge in [-0.25, -0.2) is 29.7 Å². The van der Waals surface area contributed by atoms with Crippen molar-refractivity contribution in [3.8, 4) is 0 Å². The van der Waals surface area contributed by atoms with Gasteiger partial charge in [0, 0.05) is 69.6 Å². The number of H-pyrrole nitrogens is 5. The number of nitrogens with zero attached hydrogens (tertiary/aromatic N) is 5. The van der Waals surface area contributed by atoms with E-state index in [-0.39, 0.29) is 113 Å². The molecule has 5 rings (SSSR count). The molecule has 42 nitrogen and oxygen atoms in total. The third-order valence-electron chi connectivity index (χ3n) is 16.5. The number of unbranched alkanes of at least 4 members (excludes halogenated alkanes) is 1. The molecule has 11 amide bonds. The van der Waals surface area contributed by atoms with E-state index in [0.717, 1.165) is 13.8 Å². The van der Waals surface area contributed by atoms with Gasteiger partial charge in [-0.2, -0.15) is 0 Å². The molecule has 0 fully saturated rings. The molecule has 0 aromatic carbocycles. The largest absolute Gasteiger partial charge is 0.480 e. The van der Waals surface area contributed by atoms with Crippen LogP contribution in [-0.4, -0.2) is 252 Å². The first-order valence-electron chi connectivity index (χ1n) is 34.8. The number of aliphatic carboxylic acids is 1. The minimum Gasteiger partial charge on any atom is -0.480 e. The van der Waals surface area contributed by atoms with Crippen LogP contribution in [-0.2, 0) is 89.6 Å². The predicted octanol–water partition coefficient (Wildman–Crippen LogP) is -7.20. The zero-order valence-electron chi connectivity index (χ0n) is 60.3. The standard InChI is InChI=1S/C65H102N26O16/c1-32(2)14-44(83-53(95)41(67)16-36-21-70-27-76-36)57(99)86-46(17-37-22-71-28-77-37)58(100)81-42(10-7-8-12-66)54(96)85-47(18-38-23-72-29-78-38)60(102)87-48(19-39-24-73-30-79-39)59(101)84-45(15-33(3)4)56(98)82-43(11-9-13-75-65(68)69)55(97)89-50(26-92)61(103)90-52(35(6)94)63(105)91-51(34(5)93)62(104)88-49(64(106)107)20-40-25-74-31-80-40/h21-25,27-35,41-52,92-94H,7-20,26,66-67H2,1-6H3,(H,70,76)(H,71,77)(H,72,78)(H,73,79)(H,74,80)(H,81,100)(H,82,98)(H,83,95)(H,84,101)(H,85,96)(H,86,99)(H,87,102)(H,88,104)(H,89,97)(H,90,103)(H,91,105)(H,106,107)(H4,68,69,75)/t34-,35-,41+,42+,43+,44+,45+,46+,47+,48+,49+,50+,51+,52+/m1/s1. The Labute approximate surface area is 614 Å². The fourth-order valence-electron chi connectivity index (χ4n) is 10.9. The molecule has 5 aromatic rings. The van der Waals surface area contributed by atoms with Gasteiger partial charge in [-0.3, -0.25) is 58.1 Å². The van der Waals surface area contributed by atoms with Crippen molar-refractivity contribution in [1.29, 1.82) is 5.41 Å². The number of amides is 11. The number of hydrogen-bond acceptors (Lipinski definition) is 23. The second-order valence-electron chi connectivity index (χ2n) is 26.5. The quantitative estimate of drug-likeness (QED) is 0.00977. The Morgan fingerprint density at radius 3 is 1.06 bits per heavy atom. The van der Waals surface area contributed by atoms with Gasteiger partial charge in [0.15, 0.2) is 5.96 Å². The van der Waals surface area contributed by atoms with Crippen LogP contribution in [0.15, 0.2) is 62.6 Å². The van der Waals surface area contributed by atoms with Crippen molar-refractivity contribution in [2.24, 2.45) is 29.0 Å². The lowest BCUT2D eigenvalue weighted by molar-refractivity contribution is -0.143. The number of aliphatic hydroxyl groups excluding tert-OH is 3. The zero-order chi connectivity index (χ0) is 78.9. The van der Waals surface area contributed by atoms with Crippen molar-refractivity contribution in [2.75, 3.05) is 19.7 Å². The van der Waals surface area contributed by atoms with E-state index in [9.17, 15) is 78.0 Å². The SMILES string of the molecule is CC(C)C[C@H](NC(=O)[C@H](Cc1c[nH]cn1)NC(=O)[C@H](Cc1c[nH]cn1)NC(=O)[C@H](CCCCN)NC(=O)[C@H](Cc1c[nH]cn1)NC(=O)[C@H](CC(C)C)NC(=O)[C@@H](N)Cc1c[nH]cn1)C(=O)N[C@@H](CCCNC(=N)N)C(=O)N[C@@H](CO)C(=O)N[C@H](C(=O)N[C@H](C(=O)N[C@@H](Cc1c[nH]cn1)C(=O)O)[C@@H](C)O)[C@@H](C)O. The normalized spacial score (nSPS) is 15.3. The molecular formula is C65H102N26O16. The highest BCUT2D eigenvalue weighted by atomic mass is 16.4. The molecule has 42 heteroatoms. The third kappa shape index (κ3) is 29.7. The first-order valence-corrected chi connectivity index (χ1v) is 34.8. The fraction of sp³-hybridized carbons (Fsp3) is 0.569. The smallest absolute Gasteiger partial charge is 0.326 e. The molecule has 0 spiro atoms. The minimum atomic E-state index is -1.95. The maximum Gasteiger partial charge on any atom is 0.326 e. The Morgan fingerprint density at radius 2 is 0.710 bits per heavy atom. The molecule has 0 aliphatic carbocycles. The lowest BCUT2D eigenvalue weighted by Crippen LogP contribution is -2.63. The molecule has 588 valence electrons. The number of aliphatic hydroxyl groups is 3. The summed E-state index contributed by atoms with van der Waals surface area (Å²) in [5.74, 6) is -13.3. The molecule has 0 saturated carbocycles. The Bertz CT molecular complexity index is 3630. The molecule has 5 heterocycles. The molecule has 0 unspecified atom stereocenters. The Kier molecular flexibility index (Phi) is 35.4. The van der Waals surface area contributed by atoms with Crippen LogP contribution in [0.4, 0.5) is 0 Å². The van der Waals surface area contributed by atoms with Gasteiger partial charge < -0.3 is 126 Å². The van der Waals surface area contributed by atoms with Gasteiger partial charge in [-0.1, -0.05) is 27.7 Å². The van der Waals surface area contributed by atoms with Crippen LogP contribution in [0.25, 0.3) is 0 Å². The number of nitrogens with one attached hydrogen (secondary N) is 18. The van der Waals surface area contributed by atoms with Crippen molar-refractivity contribution < 1.29 is 78.0 Å². The van der Waals surface area contributed by atoms with E-state index in [0.29, 0.717) is 17.8 Å². The van der Waals surface area contributed by atoms with Crippen LogP contribution in [0.2, 0.25) is 0 Å². The monoisotopic (exact) mass is 1500 g/mol. The van der Waals surface area contributed by atoms with Gasteiger partial charge in [-0.15, -0.1) is 0 Å². The van der Waals surface area contributed by atoms with Crippen molar-refractivity contribution in [3.63, 3.8) is 0 Å². The van der Waals surface area contributed by atoms with Crippen molar-refractivity contribution in [3.05, 3.63) is 91.1 Å². The average molecular weight is 1500 g/mol. The van der Waals surface area contributed by atoms with Crippen molar-refractivity contribution in [2.45, 2.75) is 203 Å². The van der Waals surface area contributed by atoms with Gasteiger partial charge in [0.05, 0.1) is 85.0 Å². The zero-order valence-corrected chi connectivity index (χ0v) is 60.3.